The Hall–Kier alpha value is -0.940. The molecule has 0 aliphatic carbocycles. The van der Waals surface area contributed by atoms with Crippen LogP contribution in [0.2, 0.25) is 0 Å². The topological polar surface area (TPSA) is 54.2 Å². The van der Waals surface area contributed by atoms with E-state index in [0.717, 1.165) is 31.9 Å². The summed E-state index contributed by atoms with van der Waals surface area (Å²) in [6.45, 7) is 4.71. The van der Waals surface area contributed by atoms with Crippen molar-refractivity contribution in [2.45, 2.75) is 26.0 Å². The Morgan fingerprint density at radius 2 is 2.47 bits per heavy atom. The molecule has 1 aromatic heterocycles. The summed E-state index contributed by atoms with van der Waals surface area (Å²) in [4.78, 5) is 2.32. The van der Waals surface area contributed by atoms with Crippen molar-refractivity contribution >= 4 is 0 Å². The monoisotopic (exact) mass is 210 g/mol. The molecule has 0 radical (unpaired) electrons. The van der Waals surface area contributed by atoms with Gasteiger partial charge in [0.05, 0.1) is 12.6 Å². The van der Waals surface area contributed by atoms with E-state index in [4.69, 9.17) is 0 Å². The summed E-state index contributed by atoms with van der Waals surface area (Å²) in [6.07, 6.45) is 2.60. The Morgan fingerprint density at radius 1 is 1.67 bits per heavy atom. The van der Waals surface area contributed by atoms with E-state index in [2.05, 4.69) is 15.1 Å². The Balaban J connectivity index is 1.90. The van der Waals surface area contributed by atoms with Crippen LogP contribution in [0.4, 0.5) is 0 Å². The summed E-state index contributed by atoms with van der Waals surface area (Å²) in [6, 6.07) is 0. The lowest BCUT2D eigenvalue weighted by molar-refractivity contribution is 0.127. The molecule has 1 fully saturated rings. The van der Waals surface area contributed by atoms with Gasteiger partial charge in [-0.1, -0.05) is 0 Å². The number of rotatable bonds is 3. The summed E-state index contributed by atoms with van der Waals surface area (Å²) in [7, 11) is 1.96. The van der Waals surface area contributed by atoms with Gasteiger partial charge < -0.3 is 9.67 Å². The maximum absolute atomic E-state index is 9.49. The van der Waals surface area contributed by atoms with E-state index in [1.165, 1.54) is 0 Å². The minimum atomic E-state index is -0.200. The minimum absolute atomic E-state index is 0.200. The van der Waals surface area contributed by atoms with Crippen molar-refractivity contribution in [2.75, 3.05) is 13.1 Å². The second-order valence-corrected chi connectivity index (χ2v) is 4.38. The van der Waals surface area contributed by atoms with Gasteiger partial charge in [-0.25, -0.2) is 0 Å². The average molecular weight is 210 g/mol. The van der Waals surface area contributed by atoms with Gasteiger partial charge in [0.2, 0.25) is 0 Å². The Kier molecular flexibility index (Phi) is 3.02. The van der Waals surface area contributed by atoms with E-state index in [0.29, 0.717) is 5.92 Å². The van der Waals surface area contributed by atoms with Crippen LogP contribution in [0.1, 0.15) is 19.2 Å². The molecule has 1 saturated heterocycles. The predicted molar refractivity (Wildman–Crippen MR) is 56.1 cm³/mol. The first-order valence-corrected chi connectivity index (χ1v) is 5.40. The van der Waals surface area contributed by atoms with Gasteiger partial charge in [0.15, 0.2) is 0 Å². The van der Waals surface area contributed by atoms with Gasteiger partial charge in [0.25, 0.3) is 0 Å². The van der Waals surface area contributed by atoms with Gasteiger partial charge in [0.1, 0.15) is 12.2 Å². The number of nitrogens with zero attached hydrogens (tertiary/aromatic N) is 4. The van der Waals surface area contributed by atoms with Crippen LogP contribution in [-0.4, -0.2) is 44.0 Å². The second-order valence-electron chi connectivity index (χ2n) is 4.38. The first-order chi connectivity index (χ1) is 7.16. The maximum atomic E-state index is 9.49. The Labute approximate surface area is 89.7 Å². The zero-order valence-electron chi connectivity index (χ0n) is 9.30. The SMILES string of the molecule is CC(O)C1CCN(Cc2nncn2C)C1. The van der Waals surface area contributed by atoms with Crippen LogP contribution in [0.15, 0.2) is 6.33 Å². The molecule has 1 N–H and O–H groups in total. The van der Waals surface area contributed by atoms with Crippen molar-refractivity contribution in [1.29, 1.82) is 0 Å². The molecule has 2 unspecified atom stereocenters. The van der Waals surface area contributed by atoms with Gasteiger partial charge >= 0.3 is 0 Å². The summed E-state index contributed by atoms with van der Waals surface area (Å²) in [5.41, 5.74) is 0. The molecule has 5 nitrogen and oxygen atoms in total. The average Bonchev–Trinajstić information content (AvgIpc) is 2.77. The number of hydrogen-bond acceptors (Lipinski definition) is 4. The molecule has 2 heterocycles. The fraction of sp³-hybridized carbons (Fsp3) is 0.800. The summed E-state index contributed by atoms with van der Waals surface area (Å²) >= 11 is 0. The number of likely N-dealkylation sites (tertiary alicyclic amines) is 1. The first kappa shape index (κ1) is 10.6. The molecule has 0 saturated carbocycles. The molecule has 0 amide bonds. The quantitative estimate of drug-likeness (QED) is 0.764. The second kappa shape index (κ2) is 4.28. The molecule has 1 aliphatic rings. The van der Waals surface area contributed by atoms with Gasteiger partial charge in [-0.2, -0.15) is 0 Å². The molecule has 84 valence electrons. The highest BCUT2D eigenvalue weighted by Crippen LogP contribution is 2.20. The Bertz CT molecular complexity index is 323. The fourth-order valence-electron chi connectivity index (χ4n) is 2.05. The fourth-order valence-corrected chi connectivity index (χ4v) is 2.05. The van der Waals surface area contributed by atoms with Crippen molar-refractivity contribution in [3.05, 3.63) is 12.2 Å². The molecule has 0 spiro atoms. The summed E-state index contributed by atoms with van der Waals surface area (Å²) < 4.78 is 1.94. The van der Waals surface area contributed by atoms with E-state index in [1.54, 1.807) is 6.33 Å². The smallest absolute Gasteiger partial charge is 0.146 e. The van der Waals surface area contributed by atoms with Crippen LogP contribution < -0.4 is 0 Å². The van der Waals surface area contributed by atoms with Gasteiger partial charge in [-0.05, 0) is 25.8 Å². The van der Waals surface area contributed by atoms with Gasteiger partial charge in [-0.3, -0.25) is 4.90 Å². The number of hydrogen-bond donors (Lipinski definition) is 1. The highest BCUT2D eigenvalue weighted by Gasteiger charge is 2.26. The van der Waals surface area contributed by atoms with Gasteiger partial charge in [-0.15, -0.1) is 10.2 Å². The highest BCUT2D eigenvalue weighted by atomic mass is 16.3. The van der Waals surface area contributed by atoms with Crippen molar-refractivity contribution in [1.82, 2.24) is 19.7 Å². The highest BCUT2D eigenvalue weighted by molar-refractivity contribution is 4.87. The molecule has 1 aliphatic heterocycles. The Morgan fingerprint density at radius 3 is 3.00 bits per heavy atom. The first-order valence-electron chi connectivity index (χ1n) is 5.40. The van der Waals surface area contributed by atoms with E-state index in [1.807, 2.05) is 18.5 Å². The molecule has 0 aromatic carbocycles. The van der Waals surface area contributed by atoms with Crippen LogP contribution in [0.25, 0.3) is 0 Å². The standard InChI is InChI=1S/C10H18N4O/c1-8(15)9-3-4-14(5-9)6-10-12-11-7-13(10)2/h7-9,15H,3-6H2,1-2H3. The number of aliphatic hydroxyl groups is 1. The molecular weight excluding hydrogens is 192 g/mol. The predicted octanol–water partition coefficient (Wildman–Crippen LogP) is 0.0178. The molecule has 5 heteroatoms. The van der Waals surface area contributed by atoms with Crippen LogP contribution in [-0.2, 0) is 13.6 Å². The number of aliphatic hydroxyl groups excluding tert-OH is 1. The van der Waals surface area contributed by atoms with Crippen molar-refractivity contribution in [3.8, 4) is 0 Å². The van der Waals surface area contributed by atoms with E-state index in [9.17, 15) is 5.11 Å². The van der Waals surface area contributed by atoms with E-state index < -0.39 is 0 Å². The molecule has 1 aromatic rings. The lowest BCUT2D eigenvalue weighted by atomic mass is 10.0. The lowest BCUT2D eigenvalue weighted by Crippen LogP contribution is -2.25. The van der Waals surface area contributed by atoms with Crippen LogP contribution in [0.3, 0.4) is 0 Å². The van der Waals surface area contributed by atoms with Crippen molar-refractivity contribution in [2.24, 2.45) is 13.0 Å². The largest absolute Gasteiger partial charge is 0.393 e. The molecular formula is C10H18N4O. The van der Waals surface area contributed by atoms with Crippen LogP contribution >= 0.6 is 0 Å². The van der Waals surface area contributed by atoms with Crippen LogP contribution in [0, 0.1) is 5.92 Å². The minimum Gasteiger partial charge on any atom is -0.393 e. The maximum Gasteiger partial charge on any atom is 0.146 e. The van der Waals surface area contributed by atoms with Gasteiger partial charge in [0, 0.05) is 13.6 Å². The third kappa shape index (κ3) is 2.35. The number of aryl methyl sites for hydroxylation is 1. The normalized spacial score (nSPS) is 24.6. The number of aromatic nitrogens is 3. The third-order valence-corrected chi connectivity index (χ3v) is 3.16. The summed E-state index contributed by atoms with van der Waals surface area (Å²) in [5, 5.41) is 17.4. The van der Waals surface area contributed by atoms with E-state index in [-0.39, 0.29) is 6.10 Å². The molecule has 0 bridgehead atoms. The molecule has 15 heavy (non-hydrogen) atoms. The molecule has 2 atom stereocenters. The van der Waals surface area contributed by atoms with Crippen LogP contribution in [0.5, 0.6) is 0 Å². The zero-order valence-corrected chi connectivity index (χ0v) is 9.30. The summed E-state index contributed by atoms with van der Waals surface area (Å²) in [5.74, 6) is 1.40. The lowest BCUT2D eigenvalue weighted by Gasteiger charge is -2.16. The zero-order chi connectivity index (χ0) is 10.8. The van der Waals surface area contributed by atoms with E-state index >= 15 is 0 Å². The van der Waals surface area contributed by atoms with Crippen molar-refractivity contribution in [3.63, 3.8) is 0 Å². The molecule has 2 rings (SSSR count). The third-order valence-electron chi connectivity index (χ3n) is 3.16. The van der Waals surface area contributed by atoms with Crippen molar-refractivity contribution < 1.29 is 5.11 Å².